The Bertz CT molecular complexity index is 308. The summed E-state index contributed by atoms with van der Waals surface area (Å²) in [7, 11) is 1.96. The van der Waals surface area contributed by atoms with E-state index in [1.54, 1.807) is 0 Å². The third kappa shape index (κ3) is 4.00. The van der Waals surface area contributed by atoms with Gasteiger partial charge in [-0.15, -0.1) is 0 Å². The van der Waals surface area contributed by atoms with E-state index in [1.807, 2.05) is 13.2 Å². The van der Waals surface area contributed by atoms with Crippen molar-refractivity contribution in [1.29, 1.82) is 0 Å². The largest absolute Gasteiger partial charge is 0.371 e. The van der Waals surface area contributed by atoms with Crippen molar-refractivity contribution >= 4 is 5.69 Å². The van der Waals surface area contributed by atoms with Crippen molar-refractivity contribution in [1.82, 2.24) is 10.3 Å². The molecule has 0 saturated carbocycles. The number of anilines is 1. The molecule has 0 bridgehead atoms. The van der Waals surface area contributed by atoms with E-state index in [0.29, 0.717) is 6.04 Å². The Morgan fingerprint density at radius 1 is 1.35 bits per heavy atom. The van der Waals surface area contributed by atoms with Gasteiger partial charge in [0.25, 0.3) is 0 Å². The third-order valence-electron chi connectivity index (χ3n) is 3.18. The van der Waals surface area contributed by atoms with Gasteiger partial charge in [0.2, 0.25) is 0 Å². The Hall–Kier alpha value is -1.09. The summed E-state index contributed by atoms with van der Waals surface area (Å²) in [6.45, 7) is 8.71. The molecular weight excluding hydrogens is 210 g/mol. The molecule has 1 rings (SSSR count). The number of nitrogens with one attached hydrogen (secondary N) is 1. The first-order valence-corrected chi connectivity index (χ1v) is 6.61. The van der Waals surface area contributed by atoms with Crippen LogP contribution in [0.1, 0.15) is 45.3 Å². The number of hydrogen-bond acceptors (Lipinski definition) is 3. The molecule has 1 aromatic heterocycles. The molecule has 17 heavy (non-hydrogen) atoms. The molecule has 1 N–H and O–H groups in total. The maximum Gasteiger partial charge on any atom is 0.0571 e. The number of nitrogens with zero attached hydrogens (tertiary/aromatic N) is 2. The highest BCUT2D eigenvalue weighted by Crippen LogP contribution is 2.16. The lowest BCUT2D eigenvalue weighted by molar-refractivity contribution is 0.632. The van der Waals surface area contributed by atoms with Crippen molar-refractivity contribution in [2.45, 2.75) is 39.7 Å². The zero-order valence-electron chi connectivity index (χ0n) is 11.5. The van der Waals surface area contributed by atoms with E-state index in [1.165, 1.54) is 18.5 Å². The second-order valence-electron chi connectivity index (χ2n) is 4.38. The van der Waals surface area contributed by atoms with E-state index in [4.69, 9.17) is 0 Å². The predicted molar refractivity (Wildman–Crippen MR) is 74.5 cm³/mol. The molecule has 3 heteroatoms. The molecule has 0 radical (unpaired) electrons. The molecule has 96 valence electrons. The summed E-state index contributed by atoms with van der Waals surface area (Å²) in [5, 5.41) is 3.20. The molecule has 1 aromatic rings. The molecule has 1 atom stereocenters. The first kappa shape index (κ1) is 14.0. The van der Waals surface area contributed by atoms with E-state index in [-0.39, 0.29) is 0 Å². The molecule has 0 saturated heterocycles. The molecule has 0 aliphatic heterocycles. The molecule has 0 aromatic carbocycles. The number of unbranched alkanes of at least 4 members (excludes halogenated alkanes) is 1. The summed E-state index contributed by atoms with van der Waals surface area (Å²) in [6, 6.07) is 4.61. The molecular formula is C14H25N3. The zero-order chi connectivity index (χ0) is 12.7. The lowest BCUT2D eigenvalue weighted by atomic mass is 10.2. The van der Waals surface area contributed by atoms with E-state index >= 15 is 0 Å². The zero-order valence-corrected chi connectivity index (χ0v) is 11.5. The first-order valence-electron chi connectivity index (χ1n) is 6.61. The van der Waals surface area contributed by atoms with Crippen LogP contribution in [-0.4, -0.2) is 25.1 Å². The normalized spacial score (nSPS) is 12.5. The maximum absolute atomic E-state index is 4.52. The Morgan fingerprint density at radius 3 is 2.59 bits per heavy atom. The van der Waals surface area contributed by atoms with Gasteiger partial charge in [-0.25, -0.2) is 0 Å². The van der Waals surface area contributed by atoms with Crippen LogP contribution in [0.5, 0.6) is 0 Å². The van der Waals surface area contributed by atoms with Crippen molar-refractivity contribution < 1.29 is 0 Å². The quantitative estimate of drug-likeness (QED) is 0.787. The van der Waals surface area contributed by atoms with Crippen LogP contribution >= 0.6 is 0 Å². The van der Waals surface area contributed by atoms with Gasteiger partial charge in [0.05, 0.1) is 17.6 Å². The fourth-order valence-electron chi connectivity index (χ4n) is 1.81. The summed E-state index contributed by atoms with van der Waals surface area (Å²) in [6.07, 6.45) is 4.46. The van der Waals surface area contributed by atoms with Crippen molar-refractivity contribution in [3.05, 3.63) is 24.0 Å². The van der Waals surface area contributed by atoms with Gasteiger partial charge in [0, 0.05) is 19.1 Å². The smallest absolute Gasteiger partial charge is 0.0571 e. The second kappa shape index (κ2) is 7.28. The number of aromatic nitrogens is 1. The van der Waals surface area contributed by atoms with Gasteiger partial charge in [-0.1, -0.05) is 13.3 Å². The lowest BCUT2D eigenvalue weighted by Crippen LogP contribution is -2.24. The molecule has 3 nitrogen and oxygen atoms in total. The van der Waals surface area contributed by atoms with Crippen LogP contribution in [0.3, 0.4) is 0 Å². The summed E-state index contributed by atoms with van der Waals surface area (Å²) in [4.78, 5) is 6.90. The monoisotopic (exact) mass is 235 g/mol. The number of hydrogen-bond donors (Lipinski definition) is 1. The molecule has 0 aliphatic carbocycles. The number of rotatable bonds is 7. The van der Waals surface area contributed by atoms with Crippen molar-refractivity contribution in [3.63, 3.8) is 0 Å². The fraction of sp³-hybridized carbons (Fsp3) is 0.643. The van der Waals surface area contributed by atoms with Crippen LogP contribution < -0.4 is 10.2 Å². The highest BCUT2D eigenvalue weighted by atomic mass is 15.1. The fourth-order valence-corrected chi connectivity index (χ4v) is 1.81. The summed E-state index contributed by atoms with van der Waals surface area (Å²) in [5.41, 5.74) is 2.33. The van der Waals surface area contributed by atoms with Crippen LogP contribution in [0.2, 0.25) is 0 Å². The predicted octanol–water partition coefficient (Wildman–Crippen LogP) is 2.99. The summed E-state index contributed by atoms with van der Waals surface area (Å²) < 4.78 is 0. The Morgan fingerprint density at radius 2 is 2.12 bits per heavy atom. The number of pyridine rings is 1. The van der Waals surface area contributed by atoms with E-state index in [9.17, 15) is 0 Å². The average Bonchev–Trinajstić information content (AvgIpc) is 2.39. The third-order valence-corrected chi connectivity index (χ3v) is 3.18. The second-order valence-corrected chi connectivity index (χ2v) is 4.38. The van der Waals surface area contributed by atoms with E-state index < -0.39 is 0 Å². The Balaban J connectivity index is 2.70. The van der Waals surface area contributed by atoms with Crippen LogP contribution in [0, 0.1) is 0 Å². The summed E-state index contributed by atoms with van der Waals surface area (Å²) in [5.74, 6) is 0. The van der Waals surface area contributed by atoms with Gasteiger partial charge in [-0.05, 0) is 39.4 Å². The van der Waals surface area contributed by atoms with E-state index in [2.05, 4.69) is 48.1 Å². The highest BCUT2D eigenvalue weighted by molar-refractivity contribution is 5.44. The van der Waals surface area contributed by atoms with Crippen molar-refractivity contribution in [2.75, 3.05) is 25.0 Å². The van der Waals surface area contributed by atoms with Gasteiger partial charge >= 0.3 is 0 Å². The average molecular weight is 235 g/mol. The van der Waals surface area contributed by atoms with E-state index in [0.717, 1.165) is 18.8 Å². The minimum Gasteiger partial charge on any atom is -0.371 e. The molecule has 0 fully saturated rings. The van der Waals surface area contributed by atoms with Gasteiger partial charge < -0.3 is 10.2 Å². The Labute approximate surface area is 105 Å². The molecule has 0 amide bonds. The Kier molecular flexibility index (Phi) is 5.98. The van der Waals surface area contributed by atoms with Gasteiger partial charge in [-0.2, -0.15) is 0 Å². The molecule has 0 aliphatic rings. The van der Waals surface area contributed by atoms with Gasteiger partial charge in [0.15, 0.2) is 0 Å². The van der Waals surface area contributed by atoms with Crippen LogP contribution in [0.4, 0.5) is 5.69 Å². The standard InChI is InChI=1S/C14H25N3/c1-5-7-10-17(6-2)13-8-9-14(16-11-13)12(3)15-4/h8-9,11-12,15H,5-7,10H2,1-4H3. The molecule has 0 spiro atoms. The van der Waals surface area contributed by atoms with Crippen molar-refractivity contribution in [3.8, 4) is 0 Å². The van der Waals surface area contributed by atoms with Crippen LogP contribution in [0.15, 0.2) is 18.3 Å². The lowest BCUT2D eigenvalue weighted by Gasteiger charge is -2.23. The minimum atomic E-state index is 0.315. The maximum atomic E-state index is 4.52. The first-order chi connectivity index (χ1) is 8.22. The molecule has 1 heterocycles. The minimum absolute atomic E-state index is 0.315. The topological polar surface area (TPSA) is 28.2 Å². The summed E-state index contributed by atoms with van der Waals surface area (Å²) >= 11 is 0. The highest BCUT2D eigenvalue weighted by Gasteiger charge is 2.07. The van der Waals surface area contributed by atoms with Crippen LogP contribution in [-0.2, 0) is 0 Å². The van der Waals surface area contributed by atoms with Gasteiger partial charge in [-0.3, -0.25) is 4.98 Å². The van der Waals surface area contributed by atoms with Crippen molar-refractivity contribution in [2.24, 2.45) is 0 Å². The van der Waals surface area contributed by atoms with Crippen LogP contribution in [0.25, 0.3) is 0 Å². The SMILES string of the molecule is CCCCN(CC)c1ccc(C(C)NC)nc1. The molecule has 1 unspecified atom stereocenters. The van der Waals surface area contributed by atoms with Gasteiger partial charge in [0.1, 0.15) is 0 Å².